The highest BCUT2D eigenvalue weighted by molar-refractivity contribution is 7.92. The Balaban J connectivity index is 2.74. The van der Waals surface area contributed by atoms with Gasteiger partial charge in [0.25, 0.3) is 0 Å². The van der Waals surface area contributed by atoms with Gasteiger partial charge in [0.2, 0.25) is 10.0 Å². The van der Waals surface area contributed by atoms with Crippen LogP contribution in [0.15, 0.2) is 18.5 Å². The number of rotatable bonds is 5. The van der Waals surface area contributed by atoms with E-state index < -0.39 is 10.0 Å². The van der Waals surface area contributed by atoms with Gasteiger partial charge in [-0.25, -0.2) is 8.42 Å². The van der Waals surface area contributed by atoms with E-state index in [1.54, 1.807) is 0 Å². The van der Waals surface area contributed by atoms with Gasteiger partial charge in [0.05, 0.1) is 29.9 Å². The van der Waals surface area contributed by atoms with Crippen molar-refractivity contribution in [1.82, 2.24) is 4.98 Å². The van der Waals surface area contributed by atoms with Crippen LogP contribution >= 0.6 is 0 Å². The summed E-state index contributed by atoms with van der Waals surface area (Å²) in [7, 11) is -1.96. The molecule has 6 nitrogen and oxygen atoms in total. The molecule has 1 aromatic rings. The van der Waals surface area contributed by atoms with Gasteiger partial charge in [-0.15, -0.1) is 0 Å². The molecule has 0 unspecified atom stereocenters. The van der Waals surface area contributed by atoms with Crippen LogP contribution in [0.3, 0.4) is 0 Å². The molecule has 3 N–H and O–H groups in total. The summed E-state index contributed by atoms with van der Waals surface area (Å²) in [5.74, 6) is -0.106. The van der Waals surface area contributed by atoms with Gasteiger partial charge in [0.1, 0.15) is 0 Å². The van der Waals surface area contributed by atoms with E-state index in [1.807, 2.05) is 0 Å². The Bertz CT molecular complexity index is 419. The van der Waals surface area contributed by atoms with E-state index >= 15 is 0 Å². The van der Waals surface area contributed by atoms with E-state index in [4.69, 9.17) is 5.73 Å². The maximum Gasteiger partial charge on any atom is 0.235 e. The minimum absolute atomic E-state index is 0.106. The van der Waals surface area contributed by atoms with Gasteiger partial charge >= 0.3 is 0 Å². The van der Waals surface area contributed by atoms with Crippen LogP contribution in [0.25, 0.3) is 0 Å². The quantitative estimate of drug-likeness (QED) is 0.746. The number of nitrogens with two attached hydrogens (primary N) is 1. The van der Waals surface area contributed by atoms with E-state index in [0.717, 1.165) is 0 Å². The number of ether oxygens (including phenoxy) is 1. The Morgan fingerprint density at radius 1 is 1.60 bits per heavy atom. The third-order valence-electron chi connectivity index (χ3n) is 1.67. The molecule has 0 saturated carbocycles. The number of sulfonamides is 1. The fraction of sp³-hybridized carbons (Fsp3) is 0.375. The molecule has 15 heavy (non-hydrogen) atoms. The zero-order valence-corrected chi connectivity index (χ0v) is 9.12. The number of methoxy groups -OCH3 is 1. The van der Waals surface area contributed by atoms with Crippen molar-refractivity contribution < 1.29 is 13.2 Å². The highest BCUT2D eigenvalue weighted by atomic mass is 32.2. The Hall–Kier alpha value is -1.34. The highest BCUT2D eigenvalue weighted by Gasteiger charge is 2.11. The molecule has 0 bridgehead atoms. The average molecular weight is 231 g/mol. The van der Waals surface area contributed by atoms with Crippen molar-refractivity contribution in [3.8, 4) is 0 Å². The van der Waals surface area contributed by atoms with E-state index in [1.165, 1.54) is 25.6 Å². The molecular weight excluding hydrogens is 218 g/mol. The van der Waals surface area contributed by atoms with Crippen molar-refractivity contribution in [3.63, 3.8) is 0 Å². The molecule has 7 heteroatoms. The lowest BCUT2D eigenvalue weighted by molar-refractivity contribution is 0.217. The summed E-state index contributed by atoms with van der Waals surface area (Å²) in [6, 6.07) is 1.50. The lowest BCUT2D eigenvalue weighted by Gasteiger charge is -2.08. The summed E-state index contributed by atoms with van der Waals surface area (Å²) in [4.78, 5) is 3.75. The van der Waals surface area contributed by atoms with E-state index in [-0.39, 0.29) is 12.4 Å². The summed E-state index contributed by atoms with van der Waals surface area (Å²) < 4.78 is 29.9. The zero-order valence-electron chi connectivity index (χ0n) is 8.30. The van der Waals surface area contributed by atoms with Crippen molar-refractivity contribution in [2.24, 2.45) is 0 Å². The zero-order chi connectivity index (χ0) is 11.3. The molecule has 0 aliphatic carbocycles. The molecule has 0 atom stereocenters. The van der Waals surface area contributed by atoms with Gasteiger partial charge in [-0.1, -0.05) is 0 Å². The number of nitrogens with zero attached hydrogens (tertiary/aromatic N) is 1. The smallest absolute Gasteiger partial charge is 0.235 e. The van der Waals surface area contributed by atoms with Crippen LogP contribution in [0.1, 0.15) is 0 Å². The molecule has 0 amide bonds. The minimum atomic E-state index is -3.40. The third-order valence-corrected chi connectivity index (χ3v) is 2.91. The normalized spacial score (nSPS) is 11.3. The summed E-state index contributed by atoms with van der Waals surface area (Å²) in [5, 5.41) is 0. The maximum atomic E-state index is 11.4. The minimum Gasteiger partial charge on any atom is -0.396 e. The van der Waals surface area contributed by atoms with Crippen molar-refractivity contribution in [3.05, 3.63) is 18.5 Å². The molecule has 1 aromatic heterocycles. The largest absolute Gasteiger partial charge is 0.396 e. The fourth-order valence-electron chi connectivity index (χ4n) is 0.911. The number of pyridine rings is 1. The molecule has 0 fully saturated rings. The number of nitrogens with one attached hydrogen (secondary N) is 1. The molecule has 84 valence electrons. The monoisotopic (exact) mass is 231 g/mol. The van der Waals surface area contributed by atoms with Gasteiger partial charge in [-0.05, 0) is 6.07 Å². The molecule has 1 heterocycles. The van der Waals surface area contributed by atoms with Crippen LogP contribution in [-0.2, 0) is 14.8 Å². The first kappa shape index (κ1) is 11.7. The summed E-state index contributed by atoms with van der Waals surface area (Å²) >= 11 is 0. The van der Waals surface area contributed by atoms with Gasteiger partial charge in [-0.2, -0.15) is 0 Å². The third kappa shape index (κ3) is 3.72. The van der Waals surface area contributed by atoms with E-state index in [2.05, 4.69) is 14.4 Å². The predicted molar refractivity (Wildman–Crippen MR) is 57.9 cm³/mol. The number of nitrogen functional groups attached to an aromatic ring is 1. The molecule has 1 rings (SSSR count). The molecule has 0 aliphatic rings. The second-order valence-corrected chi connectivity index (χ2v) is 4.72. The molecule has 0 aromatic carbocycles. The molecule has 0 saturated heterocycles. The van der Waals surface area contributed by atoms with Crippen LogP contribution in [-0.4, -0.2) is 32.9 Å². The SMILES string of the molecule is COCCS(=O)(=O)Nc1ccncc1N. The van der Waals surface area contributed by atoms with Crippen LogP contribution < -0.4 is 10.5 Å². The van der Waals surface area contributed by atoms with Gasteiger partial charge in [0.15, 0.2) is 0 Å². The Morgan fingerprint density at radius 3 is 2.93 bits per heavy atom. The van der Waals surface area contributed by atoms with Crippen molar-refractivity contribution >= 4 is 21.4 Å². The second-order valence-electron chi connectivity index (χ2n) is 2.88. The average Bonchev–Trinajstić information content (AvgIpc) is 2.18. The number of hydrogen-bond donors (Lipinski definition) is 2. The Morgan fingerprint density at radius 2 is 2.33 bits per heavy atom. The van der Waals surface area contributed by atoms with Crippen LogP contribution in [0, 0.1) is 0 Å². The molecular formula is C8H13N3O3S. The van der Waals surface area contributed by atoms with E-state index in [0.29, 0.717) is 11.4 Å². The molecule has 0 aliphatic heterocycles. The summed E-state index contributed by atoms with van der Waals surface area (Å²) in [6.45, 7) is 0.139. The van der Waals surface area contributed by atoms with Gasteiger partial charge < -0.3 is 10.5 Å². The Kier molecular flexibility index (Phi) is 3.87. The van der Waals surface area contributed by atoms with Crippen LogP contribution in [0.5, 0.6) is 0 Å². The van der Waals surface area contributed by atoms with Gasteiger partial charge in [0, 0.05) is 13.3 Å². The summed E-state index contributed by atoms with van der Waals surface area (Å²) in [6.07, 6.45) is 2.85. The standard InChI is InChI=1S/C8H13N3O3S/c1-14-4-5-15(12,13)11-8-2-3-10-6-7(8)9/h2-3,6H,4-5,9H2,1H3,(H,10,11). The van der Waals surface area contributed by atoms with Crippen molar-refractivity contribution in [2.75, 3.05) is 29.9 Å². The highest BCUT2D eigenvalue weighted by Crippen LogP contribution is 2.16. The van der Waals surface area contributed by atoms with E-state index in [9.17, 15) is 8.42 Å². The van der Waals surface area contributed by atoms with Crippen molar-refractivity contribution in [1.29, 1.82) is 0 Å². The lowest BCUT2D eigenvalue weighted by atomic mass is 10.4. The topological polar surface area (TPSA) is 94.3 Å². The van der Waals surface area contributed by atoms with Crippen molar-refractivity contribution in [2.45, 2.75) is 0 Å². The first-order chi connectivity index (χ1) is 7.05. The number of hydrogen-bond acceptors (Lipinski definition) is 5. The molecule has 0 spiro atoms. The second kappa shape index (κ2) is 4.94. The number of anilines is 2. The molecule has 0 radical (unpaired) electrons. The van der Waals surface area contributed by atoms with Crippen LogP contribution in [0.4, 0.5) is 11.4 Å². The first-order valence-corrected chi connectivity index (χ1v) is 5.89. The maximum absolute atomic E-state index is 11.4. The first-order valence-electron chi connectivity index (χ1n) is 4.24. The van der Waals surface area contributed by atoms with Crippen LogP contribution in [0.2, 0.25) is 0 Å². The fourth-order valence-corrected chi connectivity index (χ4v) is 1.92. The number of aromatic nitrogens is 1. The lowest BCUT2D eigenvalue weighted by Crippen LogP contribution is -2.20. The Labute approximate surface area is 88.5 Å². The summed E-state index contributed by atoms with van der Waals surface area (Å²) in [5.41, 5.74) is 6.16. The van der Waals surface area contributed by atoms with Gasteiger partial charge in [-0.3, -0.25) is 9.71 Å². The predicted octanol–water partition coefficient (Wildman–Crippen LogP) is 0.0519.